The van der Waals surface area contributed by atoms with E-state index in [1.54, 1.807) is 0 Å². The van der Waals surface area contributed by atoms with E-state index in [9.17, 15) is 17.6 Å². The highest BCUT2D eigenvalue weighted by molar-refractivity contribution is 7.92. The van der Waals surface area contributed by atoms with Gasteiger partial charge in [0.2, 0.25) is 0 Å². The number of halogens is 2. The van der Waals surface area contributed by atoms with Gasteiger partial charge in [0.25, 0.3) is 15.9 Å². The molecular weight excluding hydrogens is 393 g/mol. The van der Waals surface area contributed by atoms with Crippen LogP contribution in [0.3, 0.4) is 0 Å². The molecule has 0 fully saturated rings. The van der Waals surface area contributed by atoms with Crippen molar-refractivity contribution in [3.8, 4) is 0 Å². The maximum Gasteiger partial charge on any atom is 0.261 e. The van der Waals surface area contributed by atoms with Crippen molar-refractivity contribution < 1.29 is 17.6 Å². The Morgan fingerprint density at radius 3 is 2.37 bits per heavy atom. The average Bonchev–Trinajstić information content (AvgIpc) is 2.57. The molecule has 0 aliphatic rings. The first kappa shape index (κ1) is 22.9. The Labute approximate surface area is 164 Å². The summed E-state index contributed by atoms with van der Waals surface area (Å²) in [6.45, 7) is 3.82. The molecule has 1 unspecified atom stereocenters. The first-order valence-corrected chi connectivity index (χ1v) is 9.60. The number of carbonyl (C=O) groups is 1. The van der Waals surface area contributed by atoms with E-state index in [2.05, 4.69) is 10.0 Å². The number of sulfonamides is 1. The fourth-order valence-electron chi connectivity index (χ4n) is 2.20. The van der Waals surface area contributed by atoms with E-state index in [1.165, 1.54) is 43.3 Å². The van der Waals surface area contributed by atoms with E-state index in [0.29, 0.717) is 24.2 Å². The second-order valence-corrected chi connectivity index (χ2v) is 7.80. The molecule has 2 aromatic rings. The van der Waals surface area contributed by atoms with Crippen LogP contribution in [0.1, 0.15) is 29.3 Å². The van der Waals surface area contributed by atoms with Gasteiger partial charge in [-0.1, -0.05) is 0 Å². The predicted octanol–water partition coefficient (Wildman–Crippen LogP) is 2.82. The lowest BCUT2D eigenvalue weighted by atomic mass is 10.2. The number of nitrogens with one attached hydrogen (secondary N) is 2. The van der Waals surface area contributed by atoms with Crippen LogP contribution in [0.15, 0.2) is 47.4 Å². The molecule has 9 heteroatoms. The predicted molar refractivity (Wildman–Crippen MR) is 106 cm³/mol. The third-order valence-electron chi connectivity index (χ3n) is 3.72. The van der Waals surface area contributed by atoms with Crippen LogP contribution in [0.2, 0.25) is 0 Å². The van der Waals surface area contributed by atoms with Crippen molar-refractivity contribution in [3.05, 3.63) is 59.4 Å². The summed E-state index contributed by atoms with van der Waals surface area (Å²) >= 11 is 0. The number of aryl methyl sites for hydroxylation is 1. The largest absolute Gasteiger partial charge is 0.352 e. The van der Waals surface area contributed by atoms with E-state index in [-0.39, 0.29) is 34.8 Å². The quantitative estimate of drug-likeness (QED) is 0.647. The lowest BCUT2D eigenvalue weighted by Gasteiger charge is -2.10. The Kier molecular flexibility index (Phi) is 8.20. The van der Waals surface area contributed by atoms with Gasteiger partial charge in [-0.3, -0.25) is 9.52 Å². The molecule has 0 aromatic heterocycles. The molecule has 0 heterocycles. The molecule has 1 atom stereocenters. The second-order valence-electron chi connectivity index (χ2n) is 6.12. The molecule has 0 saturated carbocycles. The normalized spacial score (nSPS) is 12.0. The minimum atomic E-state index is -3.84. The summed E-state index contributed by atoms with van der Waals surface area (Å²) in [5, 5.41) is 2.74. The third-order valence-corrected chi connectivity index (χ3v) is 5.10. The van der Waals surface area contributed by atoms with Crippen LogP contribution in [-0.2, 0) is 10.0 Å². The van der Waals surface area contributed by atoms with E-state index in [0.717, 1.165) is 6.07 Å². The summed E-state index contributed by atoms with van der Waals surface area (Å²) in [6.07, 6.45) is 0.667. The van der Waals surface area contributed by atoms with E-state index in [4.69, 9.17) is 5.73 Å². The Morgan fingerprint density at radius 1 is 1.19 bits per heavy atom. The number of carbonyl (C=O) groups excluding carboxylic acids is 1. The van der Waals surface area contributed by atoms with Gasteiger partial charge in [-0.15, -0.1) is 12.4 Å². The number of amides is 1. The molecule has 0 aliphatic heterocycles. The molecular formula is C18H23ClFN3O3S. The number of anilines is 1. The Hall–Kier alpha value is -2.16. The Bertz CT molecular complexity index is 887. The van der Waals surface area contributed by atoms with Gasteiger partial charge >= 0.3 is 0 Å². The second kappa shape index (κ2) is 9.68. The smallest absolute Gasteiger partial charge is 0.261 e. The summed E-state index contributed by atoms with van der Waals surface area (Å²) in [5.41, 5.74) is 6.58. The highest BCUT2D eigenvalue weighted by Crippen LogP contribution is 2.19. The van der Waals surface area contributed by atoms with Crippen molar-refractivity contribution in [1.82, 2.24) is 5.32 Å². The molecule has 148 valence electrons. The van der Waals surface area contributed by atoms with Crippen molar-refractivity contribution in [3.63, 3.8) is 0 Å². The molecule has 2 aromatic carbocycles. The van der Waals surface area contributed by atoms with Crippen LogP contribution in [0.4, 0.5) is 10.1 Å². The summed E-state index contributed by atoms with van der Waals surface area (Å²) < 4.78 is 40.4. The fraction of sp³-hybridized carbons (Fsp3) is 0.278. The van der Waals surface area contributed by atoms with Crippen molar-refractivity contribution in [2.45, 2.75) is 31.2 Å². The lowest BCUT2D eigenvalue weighted by molar-refractivity contribution is 0.0953. The summed E-state index contributed by atoms with van der Waals surface area (Å²) in [5.74, 6) is -0.724. The van der Waals surface area contributed by atoms with Gasteiger partial charge in [0.1, 0.15) is 5.82 Å². The standard InChI is InChI=1S/C18H22FN3O3S.ClH/c1-12-11-16(7-8-17(12)19)26(24,25)22-15-5-3-14(4-6-15)18(23)21-10-9-13(2)20;/h3-8,11,13,22H,9-10,20H2,1-2H3,(H,21,23);1H. The van der Waals surface area contributed by atoms with E-state index >= 15 is 0 Å². The van der Waals surface area contributed by atoms with Crippen molar-refractivity contribution in [2.75, 3.05) is 11.3 Å². The summed E-state index contributed by atoms with van der Waals surface area (Å²) in [6, 6.07) is 9.61. The maximum absolute atomic E-state index is 13.3. The average molecular weight is 416 g/mol. The van der Waals surface area contributed by atoms with Gasteiger partial charge in [0.15, 0.2) is 0 Å². The highest BCUT2D eigenvalue weighted by atomic mass is 35.5. The zero-order chi connectivity index (χ0) is 19.3. The van der Waals surface area contributed by atoms with Crippen LogP contribution < -0.4 is 15.8 Å². The van der Waals surface area contributed by atoms with Crippen LogP contribution in [0, 0.1) is 12.7 Å². The number of nitrogens with two attached hydrogens (primary N) is 1. The van der Waals surface area contributed by atoms with Gasteiger partial charge in [0.05, 0.1) is 4.90 Å². The van der Waals surface area contributed by atoms with Crippen LogP contribution in [0.25, 0.3) is 0 Å². The van der Waals surface area contributed by atoms with Gasteiger partial charge in [0, 0.05) is 23.8 Å². The first-order chi connectivity index (χ1) is 12.2. The van der Waals surface area contributed by atoms with Crippen molar-refractivity contribution in [2.24, 2.45) is 5.73 Å². The summed E-state index contributed by atoms with van der Waals surface area (Å²) in [7, 11) is -3.84. The molecule has 0 bridgehead atoms. The zero-order valence-electron chi connectivity index (χ0n) is 15.0. The molecule has 0 radical (unpaired) electrons. The van der Waals surface area contributed by atoms with Gasteiger partial charge in [-0.25, -0.2) is 12.8 Å². The minimum Gasteiger partial charge on any atom is -0.352 e. The topological polar surface area (TPSA) is 101 Å². The molecule has 0 aliphatic carbocycles. The van der Waals surface area contributed by atoms with Gasteiger partial charge in [-0.05, 0) is 68.3 Å². The number of rotatable bonds is 7. The summed E-state index contributed by atoms with van der Waals surface area (Å²) in [4.78, 5) is 12.0. The Morgan fingerprint density at radius 2 is 1.81 bits per heavy atom. The number of benzene rings is 2. The molecule has 27 heavy (non-hydrogen) atoms. The highest BCUT2D eigenvalue weighted by Gasteiger charge is 2.16. The molecule has 0 saturated heterocycles. The number of hydrogen-bond donors (Lipinski definition) is 3. The van der Waals surface area contributed by atoms with Crippen molar-refractivity contribution in [1.29, 1.82) is 0 Å². The molecule has 1 amide bonds. The van der Waals surface area contributed by atoms with Gasteiger partial charge < -0.3 is 11.1 Å². The lowest BCUT2D eigenvalue weighted by Crippen LogP contribution is -2.28. The van der Waals surface area contributed by atoms with Crippen LogP contribution in [-0.4, -0.2) is 26.9 Å². The van der Waals surface area contributed by atoms with Crippen LogP contribution in [0.5, 0.6) is 0 Å². The van der Waals surface area contributed by atoms with E-state index in [1.807, 2.05) is 6.92 Å². The van der Waals surface area contributed by atoms with Crippen LogP contribution >= 0.6 is 12.4 Å². The monoisotopic (exact) mass is 415 g/mol. The van der Waals surface area contributed by atoms with Crippen molar-refractivity contribution >= 4 is 34.0 Å². The zero-order valence-corrected chi connectivity index (χ0v) is 16.7. The first-order valence-electron chi connectivity index (χ1n) is 8.12. The molecule has 6 nitrogen and oxygen atoms in total. The Balaban J connectivity index is 0.00000364. The molecule has 4 N–H and O–H groups in total. The molecule has 0 spiro atoms. The molecule has 2 rings (SSSR count). The van der Waals surface area contributed by atoms with Gasteiger partial charge in [-0.2, -0.15) is 0 Å². The third kappa shape index (κ3) is 6.50. The number of hydrogen-bond acceptors (Lipinski definition) is 4. The SMILES string of the molecule is Cc1cc(S(=O)(=O)Nc2ccc(C(=O)NCCC(C)N)cc2)ccc1F.Cl. The fourth-order valence-corrected chi connectivity index (χ4v) is 3.35. The minimum absolute atomic E-state index is 0. The van der Waals surface area contributed by atoms with E-state index < -0.39 is 15.8 Å². The maximum atomic E-state index is 13.3.